The fourth-order valence-electron chi connectivity index (χ4n) is 3.59. The van der Waals surface area contributed by atoms with Gasteiger partial charge in [0.15, 0.2) is 5.82 Å². The van der Waals surface area contributed by atoms with E-state index in [4.69, 9.17) is 16.7 Å². The van der Waals surface area contributed by atoms with Crippen LogP contribution in [-0.2, 0) is 13.0 Å². The predicted octanol–water partition coefficient (Wildman–Crippen LogP) is 4.61. The molecule has 0 fully saturated rings. The van der Waals surface area contributed by atoms with Gasteiger partial charge in [0.25, 0.3) is 0 Å². The molecule has 0 aliphatic carbocycles. The van der Waals surface area contributed by atoms with Gasteiger partial charge < -0.3 is 4.90 Å². The topological polar surface area (TPSA) is 33.4 Å². The normalized spacial score (nSPS) is 13.8. The Labute approximate surface area is 156 Å². The number of hydrogen-bond donors (Lipinski definition) is 0. The van der Waals surface area contributed by atoms with Crippen LogP contribution in [0.2, 0.25) is 5.02 Å². The van der Waals surface area contributed by atoms with Gasteiger partial charge in [-0.05, 0) is 35.7 Å². The molecule has 0 unspecified atom stereocenters. The number of halogens is 1. The molecular formula is C21H17ClN4. The second kappa shape index (κ2) is 6.15. The van der Waals surface area contributed by atoms with Crippen LogP contribution in [0.25, 0.3) is 16.8 Å². The van der Waals surface area contributed by atoms with Gasteiger partial charge in [-0.15, -0.1) is 0 Å². The van der Waals surface area contributed by atoms with Crippen LogP contribution in [-0.4, -0.2) is 21.1 Å². The molecule has 0 atom stereocenters. The van der Waals surface area contributed by atoms with Crippen molar-refractivity contribution in [2.24, 2.45) is 0 Å². The SMILES string of the molecule is Clc1ccc(-c2cc3c(N4CCc5ccccc5C4)nccn3n2)cc1. The molecule has 4 aromatic rings. The molecule has 0 radical (unpaired) electrons. The van der Waals surface area contributed by atoms with Crippen molar-refractivity contribution in [1.82, 2.24) is 14.6 Å². The Balaban J connectivity index is 1.56. The minimum Gasteiger partial charge on any atom is -0.350 e. The lowest BCUT2D eigenvalue weighted by Gasteiger charge is -2.30. The van der Waals surface area contributed by atoms with E-state index in [1.165, 1.54) is 11.1 Å². The first-order valence-electron chi connectivity index (χ1n) is 8.70. The Morgan fingerprint density at radius 3 is 2.62 bits per heavy atom. The summed E-state index contributed by atoms with van der Waals surface area (Å²) in [4.78, 5) is 7.01. The van der Waals surface area contributed by atoms with E-state index in [1.54, 1.807) is 0 Å². The van der Waals surface area contributed by atoms with Crippen molar-refractivity contribution in [3.05, 3.63) is 83.1 Å². The van der Waals surface area contributed by atoms with Crippen LogP contribution in [0.5, 0.6) is 0 Å². The Kier molecular flexibility index (Phi) is 3.64. The smallest absolute Gasteiger partial charge is 0.155 e. The number of rotatable bonds is 2. The van der Waals surface area contributed by atoms with E-state index in [-0.39, 0.29) is 0 Å². The van der Waals surface area contributed by atoms with Crippen molar-refractivity contribution in [2.75, 3.05) is 11.4 Å². The van der Waals surface area contributed by atoms with Crippen LogP contribution in [0, 0.1) is 0 Å². The molecular weight excluding hydrogens is 344 g/mol. The molecule has 1 aliphatic rings. The number of fused-ring (bicyclic) bond motifs is 2. The van der Waals surface area contributed by atoms with Crippen molar-refractivity contribution in [1.29, 1.82) is 0 Å². The van der Waals surface area contributed by atoms with Gasteiger partial charge in [-0.2, -0.15) is 5.10 Å². The summed E-state index contributed by atoms with van der Waals surface area (Å²) < 4.78 is 1.91. The molecule has 0 saturated carbocycles. The largest absolute Gasteiger partial charge is 0.350 e. The van der Waals surface area contributed by atoms with Crippen molar-refractivity contribution in [3.63, 3.8) is 0 Å². The summed E-state index contributed by atoms with van der Waals surface area (Å²) in [6, 6.07) is 18.5. The molecule has 26 heavy (non-hydrogen) atoms. The molecule has 0 bridgehead atoms. The van der Waals surface area contributed by atoms with Crippen molar-refractivity contribution < 1.29 is 0 Å². The van der Waals surface area contributed by atoms with Gasteiger partial charge in [0.2, 0.25) is 0 Å². The van der Waals surface area contributed by atoms with E-state index in [0.29, 0.717) is 0 Å². The Morgan fingerprint density at radius 2 is 1.77 bits per heavy atom. The maximum atomic E-state index is 6.00. The number of hydrogen-bond acceptors (Lipinski definition) is 3. The summed E-state index contributed by atoms with van der Waals surface area (Å²) in [7, 11) is 0. The zero-order valence-corrected chi connectivity index (χ0v) is 14.9. The molecule has 1 aliphatic heterocycles. The van der Waals surface area contributed by atoms with Crippen LogP contribution in [0.4, 0.5) is 5.82 Å². The van der Waals surface area contributed by atoms with E-state index in [9.17, 15) is 0 Å². The fraction of sp³-hybridized carbons (Fsp3) is 0.143. The van der Waals surface area contributed by atoms with Crippen molar-refractivity contribution in [3.8, 4) is 11.3 Å². The average molecular weight is 361 g/mol. The molecule has 2 aromatic carbocycles. The van der Waals surface area contributed by atoms with E-state index < -0.39 is 0 Å². The van der Waals surface area contributed by atoms with Crippen LogP contribution in [0.1, 0.15) is 11.1 Å². The molecule has 0 spiro atoms. The quantitative estimate of drug-likeness (QED) is 0.523. The second-order valence-corrected chi connectivity index (χ2v) is 6.99. The average Bonchev–Trinajstić information content (AvgIpc) is 3.12. The van der Waals surface area contributed by atoms with Crippen molar-refractivity contribution in [2.45, 2.75) is 13.0 Å². The van der Waals surface area contributed by atoms with Gasteiger partial charge in [0.1, 0.15) is 5.52 Å². The van der Waals surface area contributed by atoms with Gasteiger partial charge in [-0.3, -0.25) is 0 Å². The maximum absolute atomic E-state index is 6.00. The first kappa shape index (κ1) is 15.4. The maximum Gasteiger partial charge on any atom is 0.155 e. The van der Waals surface area contributed by atoms with Gasteiger partial charge in [0, 0.05) is 36.1 Å². The molecule has 0 amide bonds. The molecule has 128 valence electrons. The lowest BCUT2D eigenvalue weighted by atomic mass is 10.00. The Bertz CT molecular complexity index is 1080. The summed E-state index contributed by atoms with van der Waals surface area (Å²) in [5.74, 6) is 0.981. The fourth-order valence-corrected chi connectivity index (χ4v) is 3.72. The van der Waals surface area contributed by atoms with Gasteiger partial charge in [-0.1, -0.05) is 48.0 Å². The predicted molar refractivity (Wildman–Crippen MR) is 105 cm³/mol. The van der Waals surface area contributed by atoms with Gasteiger partial charge >= 0.3 is 0 Å². The Morgan fingerprint density at radius 1 is 0.962 bits per heavy atom. The van der Waals surface area contributed by atoms with Gasteiger partial charge in [-0.25, -0.2) is 9.50 Å². The summed E-state index contributed by atoms with van der Waals surface area (Å²) in [5, 5.41) is 5.45. The molecule has 0 N–H and O–H groups in total. The molecule has 5 heteroatoms. The summed E-state index contributed by atoms with van der Waals surface area (Å²) in [6.45, 7) is 1.84. The zero-order chi connectivity index (χ0) is 17.5. The Hall–Kier alpha value is -2.85. The highest BCUT2D eigenvalue weighted by Crippen LogP contribution is 2.29. The highest BCUT2D eigenvalue weighted by Gasteiger charge is 2.20. The third-order valence-corrected chi connectivity index (χ3v) is 5.19. The zero-order valence-electron chi connectivity index (χ0n) is 14.1. The third kappa shape index (κ3) is 2.63. The van der Waals surface area contributed by atoms with Crippen LogP contribution < -0.4 is 4.90 Å². The standard InChI is InChI=1S/C21H17ClN4/c22-18-7-5-16(6-8-18)19-13-20-21(23-10-12-26(20)24-19)25-11-9-15-3-1-2-4-17(15)14-25/h1-8,10,12-13H,9,11,14H2. The number of benzene rings is 2. The minimum atomic E-state index is 0.729. The molecule has 2 aromatic heterocycles. The van der Waals surface area contributed by atoms with Crippen LogP contribution in [0.15, 0.2) is 67.0 Å². The number of anilines is 1. The lowest BCUT2D eigenvalue weighted by Crippen LogP contribution is -2.31. The minimum absolute atomic E-state index is 0.729. The summed E-state index contributed by atoms with van der Waals surface area (Å²) in [6.07, 6.45) is 4.76. The van der Waals surface area contributed by atoms with Gasteiger partial charge in [0.05, 0.1) is 5.69 Å². The first-order chi connectivity index (χ1) is 12.8. The lowest BCUT2D eigenvalue weighted by molar-refractivity contribution is 0.720. The summed E-state index contributed by atoms with van der Waals surface area (Å²) in [5.41, 5.74) is 5.81. The van der Waals surface area contributed by atoms with E-state index in [1.807, 2.05) is 41.2 Å². The first-order valence-corrected chi connectivity index (χ1v) is 9.08. The molecule has 3 heterocycles. The highest BCUT2D eigenvalue weighted by atomic mass is 35.5. The van der Waals surface area contributed by atoms with E-state index in [0.717, 1.165) is 47.1 Å². The number of nitrogens with zero attached hydrogens (tertiary/aromatic N) is 4. The van der Waals surface area contributed by atoms with Crippen LogP contribution in [0.3, 0.4) is 0 Å². The molecule has 0 saturated heterocycles. The van der Waals surface area contributed by atoms with E-state index in [2.05, 4.69) is 40.2 Å². The third-order valence-electron chi connectivity index (χ3n) is 4.94. The number of aromatic nitrogens is 3. The van der Waals surface area contributed by atoms with E-state index >= 15 is 0 Å². The highest BCUT2D eigenvalue weighted by molar-refractivity contribution is 6.30. The monoisotopic (exact) mass is 360 g/mol. The molecule has 5 rings (SSSR count). The second-order valence-electron chi connectivity index (χ2n) is 6.56. The summed E-state index contributed by atoms with van der Waals surface area (Å²) >= 11 is 6.00. The van der Waals surface area contributed by atoms with Crippen molar-refractivity contribution >= 4 is 22.9 Å². The van der Waals surface area contributed by atoms with Crippen LogP contribution >= 0.6 is 11.6 Å². The molecule has 4 nitrogen and oxygen atoms in total.